The average molecular weight is 645 g/mol. The highest BCUT2D eigenvalue weighted by Gasteiger charge is 2.34. The molecular formula is C28H29Cl4N3O4S. The normalized spacial score (nSPS) is 12.2. The van der Waals surface area contributed by atoms with Crippen LogP contribution in [-0.4, -0.2) is 43.8 Å². The monoisotopic (exact) mass is 643 g/mol. The Labute approximate surface area is 255 Å². The van der Waals surface area contributed by atoms with Crippen LogP contribution in [0.5, 0.6) is 0 Å². The second-order valence-electron chi connectivity index (χ2n) is 9.23. The molecule has 1 atom stereocenters. The first-order chi connectivity index (χ1) is 18.9. The topological polar surface area (TPSA) is 86.8 Å². The maximum absolute atomic E-state index is 14.1. The first-order valence-corrected chi connectivity index (χ1v) is 15.4. The lowest BCUT2D eigenvalue weighted by molar-refractivity contribution is -0.140. The highest BCUT2D eigenvalue weighted by molar-refractivity contribution is 7.92. The van der Waals surface area contributed by atoms with E-state index >= 15 is 0 Å². The van der Waals surface area contributed by atoms with Crippen LogP contribution in [0.2, 0.25) is 20.1 Å². The van der Waals surface area contributed by atoms with E-state index in [1.807, 2.05) is 0 Å². The molecule has 1 N–H and O–H groups in total. The van der Waals surface area contributed by atoms with Gasteiger partial charge in [0, 0.05) is 28.2 Å². The van der Waals surface area contributed by atoms with E-state index in [1.54, 1.807) is 57.2 Å². The molecule has 3 aromatic rings. The highest BCUT2D eigenvalue weighted by atomic mass is 35.5. The van der Waals surface area contributed by atoms with Crippen LogP contribution in [0.4, 0.5) is 5.69 Å². The maximum Gasteiger partial charge on any atom is 0.264 e. The van der Waals surface area contributed by atoms with E-state index in [2.05, 4.69) is 5.32 Å². The van der Waals surface area contributed by atoms with E-state index in [-0.39, 0.29) is 45.5 Å². The lowest BCUT2D eigenvalue weighted by Gasteiger charge is -2.34. The van der Waals surface area contributed by atoms with E-state index in [0.29, 0.717) is 15.6 Å². The molecule has 7 nitrogen and oxygen atoms in total. The molecule has 0 saturated carbocycles. The third-order valence-corrected chi connectivity index (χ3v) is 9.24. The number of benzene rings is 3. The minimum atomic E-state index is -4.24. The lowest BCUT2D eigenvalue weighted by atomic mass is 10.1. The molecule has 40 heavy (non-hydrogen) atoms. The summed E-state index contributed by atoms with van der Waals surface area (Å²) in [6.07, 6.45) is 0.255. The molecule has 1 unspecified atom stereocenters. The van der Waals surface area contributed by atoms with Gasteiger partial charge in [0.2, 0.25) is 11.8 Å². The van der Waals surface area contributed by atoms with Crippen LogP contribution in [0.3, 0.4) is 0 Å². The second kappa shape index (κ2) is 13.9. The van der Waals surface area contributed by atoms with Crippen molar-refractivity contribution in [2.75, 3.05) is 10.8 Å². The number of carbonyl (C=O) groups excluding carboxylic acids is 2. The van der Waals surface area contributed by atoms with Gasteiger partial charge in [0.1, 0.15) is 12.6 Å². The van der Waals surface area contributed by atoms with E-state index in [9.17, 15) is 18.0 Å². The van der Waals surface area contributed by atoms with Crippen LogP contribution in [0.25, 0.3) is 0 Å². The van der Waals surface area contributed by atoms with Gasteiger partial charge in [0.05, 0.1) is 20.6 Å². The summed E-state index contributed by atoms with van der Waals surface area (Å²) >= 11 is 25.2. The number of amides is 2. The van der Waals surface area contributed by atoms with Crippen LogP contribution in [-0.2, 0) is 26.2 Å². The first kappa shape index (κ1) is 32.0. The fraction of sp³-hybridized carbons (Fsp3) is 0.286. The molecule has 2 amide bonds. The summed E-state index contributed by atoms with van der Waals surface area (Å²) in [5.74, 6) is -1.03. The molecule has 3 rings (SSSR count). The van der Waals surface area contributed by atoms with Gasteiger partial charge in [0.25, 0.3) is 10.0 Å². The summed E-state index contributed by atoms with van der Waals surface area (Å²) in [7, 11) is -4.24. The van der Waals surface area contributed by atoms with Crippen molar-refractivity contribution in [3.05, 3.63) is 92.4 Å². The van der Waals surface area contributed by atoms with Gasteiger partial charge >= 0.3 is 0 Å². The third-order valence-electron chi connectivity index (χ3n) is 6.01. The number of nitrogens with zero attached hydrogens (tertiary/aromatic N) is 2. The number of nitrogens with one attached hydrogen (secondary N) is 1. The van der Waals surface area contributed by atoms with E-state index in [4.69, 9.17) is 46.4 Å². The molecule has 0 saturated heterocycles. The highest BCUT2D eigenvalue weighted by Crippen LogP contribution is 2.32. The van der Waals surface area contributed by atoms with Crippen LogP contribution in [0.15, 0.2) is 71.6 Å². The van der Waals surface area contributed by atoms with Gasteiger partial charge in [-0.3, -0.25) is 13.9 Å². The number of rotatable bonds is 11. The van der Waals surface area contributed by atoms with E-state index in [0.717, 1.165) is 4.31 Å². The van der Waals surface area contributed by atoms with Crippen LogP contribution < -0.4 is 9.62 Å². The number of sulfonamides is 1. The molecule has 0 aliphatic carbocycles. The van der Waals surface area contributed by atoms with E-state index in [1.165, 1.54) is 35.2 Å². The number of hydrogen-bond donors (Lipinski definition) is 1. The quantitative estimate of drug-likeness (QED) is 0.248. The van der Waals surface area contributed by atoms with Crippen molar-refractivity contribution in [3.63, 3.8) is 0 Å². The molecule has 0 bridgehead atoms. The van der Waals surface area contributed by atoms with Crippen molar-refractivity contribution in [1.82, 2.24) is 10.2 Å². The van der Waals surface area contributed by atoms with Gasteiger partial charge in [-0.1, -0.05) is 77.6 Å². The van der Waals surface area contributed by atoms with Gasteiger partial charge in [-0.25, -0.2) is 8.42 Å². The van der Waals surface area contributed by atoms with Gasteiger partial charge in [0.15, 0.2) is 0 Å². The molecule has 12 heteroatoms. The SMILES string of the molecule is CCC(C(=O)NC(C)C)N(Cc1c(Cl)cccc1Cl)C(=O)CN(c1ccc(Cl)c(Cl)c1)S(=O)(=O)c1ccccc1. The Morgan fingerprint density at radius 3 is 2.02 bits per heavy atom. The average Bonchev–Trinajstić information content (AvgIpc) is 2.90. The van der Waals surface area contributed by atoms with Crippen LogP contribution >= 0.6 is 46.4 Å². The predicted molar refractivity (Wildman–Crippen MR) is 162 cm³/mol. The Kier molecular flexibility index (Phi) is 11.1. The maximum atomic E-state index is 14.1. The van der Waals surface area contributed by atoms with Crippen LogP contribution in [0.1, 0.15) is 32.8 Å². The van der Waals surface area contributed by atoms with Crippen molar-refractivity contribution in [2.45, 2.75) is 50.7 Å². The Morgan fingerprint density at radius 1 is 0.850 bits per heavy atom. The fourth-order valence-electron chi connectivity index (χ4n) is 4.04. The fourth-order valence-corrected chi connectivity index (χ4v) is 6.28. The molecule has 214 valence electrons. The first-order valence-electron chi connectivity index (χ1n) is 12.4. The summed E-state index contributed by atoms with van der Waals surface area (Å²) in [4.78, 5) is 28.6. The van der Waals surface area contributed by atoms with E-state index < -0.39 is 28.5 Å². The van der Waals surface area contributed by atoms with Crippen molar-refractivity contribution in [3.8, 4) is 0 Å². The third kappa shape index (κ3) is 7.62. The zero-order valence-corrected chi connectivity index (χ0v) is 25.9. The van der Waals surface area contributed by atoms with Crippen molar-refractivity contribution < 1.29 is 18.0 Å². The second-order valence-corrected chi connectivity index (χ2v) is 12.7. The molecule has 0 aliphatic heterocycles. The Bertz CT molecular complexity index is 1450. The Morgan fingerprint density at radius 2 is 1.48 bits per heavy atom. The molecule has 0 radical (unpaired) electrons. The molecule has 0 spiro atoms. The number of carbonyl (C=O) groups is 2. The predicted octanol–water partition coefficient (Wildman–Crippen LogP) is 6.83. The summed E-state index contributed by atoms with van der Waals surface area (Å²) in [6.45, 7) is 4.61. The molecule has 0 heterocycles. The standard InChI is InChI=1S/C28H29Cl4N3O4S/c1-4-26(28(37)33-18(2)3)34(16-21-22(29)11-8-12-23(21)30)27(36)17-35(19-13-14-24(31)25(32)15-19)40(38,39)20-9-6-5-7-10-20/h5-15,18,26H,4,16-17H2,1-3H3,(H,33,37). The molecular weight excluding hydrogens is 616 g/mol. The number of halogens is 4. The zero-order valence-electron chi connectivity index (χ0n) is 22.1. The number of anilines is 1. The van der Waals surface area contributed by atoms with Gasteiger partial charge in [-0.15, -0.1) is 0 Å². The number of hydrogen-bond acceptors (Lipinski definition) is 4. The lowest BCUT2D eigenvalue weighted by Crippen LogP contribution is -2.53. The van der Waals surface area contributed by atoms with Gasteiger partial charge in [-0.2, -0.15) is 0 Å². The molecule has 0 aliphatic rings. The van der Waals surface area contributed by atoms with Crippen LogP contribution in [0, 0.1) is 0 Å². The van der Waals surface area contributed by atoms with Gasteiger partial charge < -0.3 is 10.2 Å². The summed E-state index contributed by atoms with van der Waals surface area (Å²) in [5.41, 5.74) is 0.559. The van der Waals surface area contributed by atoms with Crippen molar-refractivity contribution in [2.24, 2.45) is 0 Å². The minimum Gasteiger partial charge on any atom is -0.352 e. The van der Waals surface area contributed by atoms with Gasteiger partial charge in [-0.05, 0) is 62.7 Å². The molecule has 3 aromatic carbocycles. The zero-order chi connectivity index (χ0) is 29.6. The molecule has 0 aromatic heterocycles. The summed E-state index contributed by atoms with van der Waals surface area (Å²) < 4.78 is 28.6. The largest absolute Gasteiger partial charge is 0.352 e. The van der Waals surface area contributed by atoms with Crippen molar-refractivity contribution >= 4 is 73.9 Å². The Balaban J connectivity index is 2.12. The molecule has 0 fully saturated rings. The van der Waals surface area contributed by atoms with Crippen molar-refractivity contribution in [1.29, 1.82) is 0 Å². The Hall–Kier alpha value is -2.49. The summed E-state index contributed by atoms with van der Waals surface area (Å²) in [6, 6.07) is 15.8. The minimum absolute atomic E-state index is 0.0286. The smallest absolute Gasteiger partial charge is 0.264 e. The summed E-state index contributed by atoms with van der Waals surface area (Å²) in [5, 5.41) is 3.79.